The second kappa shape index (κ2) is 6.26. The standard InChI is InChI=1S/C15H15N3S2/c1-11(14-6-4-8-19-14)17-9-12-10-20-15(18-12)13-5-2-3-7-16-13/h2-8,10-11,17H,9H2,1H3/t11-/m0/s1. The number of rotatable bonds is 5. The summed E-state index contributed by atoms with van der Waals surface area (Å²) in [6.07, 6.45) is 1.80. The van der Waals surface area contributed by atoms with Crippen molar-refractivity contribution in [2.45, 2.75) is 19.5 Å². The number of nitrogens with zero attached hydrogens (tertiary/aromatic N) is 2. The van der Waals surface area contributed by atoms with E-state index in [1.54, 1.807) is 28.9 Å². The van der Waals surface area contributed by atoms with Crippen LogP contribution < -0.4 is 5.32 Å². The molecule has 20 heavy (non-hydrogen) atoms. The van der Waals surface area contributed by atoms with Crippen LogP contribution in [0.3, 0.4) is 0 Å². The topological polar surface area (TPSA) is 37.8 Å². The van der Waals surface area contributed by atoms with Crippen LogP contribution in [0.5, 0.6) is 0 Å². The van der Waals surface area contributed by atoms with Gasteiger partial charge in [-0.15, -0.1) is 22.7 Å². The Morgan fingerprint density at radius 3 is 2.90 bits per heavy atom. The van der Waals surface area contributed by atoms with Gasteiger partial charge in [-0.05, 0) is 30.5 Å². The fourth-order valence-corrected chi connectivity index (χ4v) is 3.45. The minimum Gasteiger partial charge on any atom is -0.304 e. The van der Waals surface area contributed by atoms with E-state index in [0.717, 1.165) is 22.9 Å². The molecule has 0 amide bonds. The third-order valence-corrected chi connectivity index (χ3v) is 4.96. The molecule has 1 atom stereocenters. The molecule has 3 rings (SSSR count). The number of thiazole rings is 1. The SMILES string of the molecule is C[C@H](NCc1csc(-c2ccccn2)n1)c1cccs1. The Hall–Kier alpha value is -1.56. The molecule has 0 spiro atoms. The Balaban J connectivity index is 1.63. The fraction of sp³-hybridized carbons (Fsp3) is 0.200. The summed E-state index contributed by atoms with van der Waals surface area (Å²) < 4.78 is 0. The Bertz CT molecular complexity index is 647. The smallest absolute Gasteiger partial charge is 0.142 e. The summed E-state index contributed by atoms with van der Waals surface area (Å²) in [5.74, 6) is 0. The zero-order valence-corrected chi connectivity index (χ0v) is 12.7. The third-order valence-electron chi connectivity index (χ3n) is 3.00. The van der Waals surface area contributed by atoms with Crippen LogP contribution in [0, 0.1) is 0 Å². The van der Waals surface area contributed by atoms with Crippen molar-refractivity contribution in [2.24, 2.45) is 0 Å². The molecule has 1 N–H and O–H groups in total. The molecule has 0 fully saturated rings. The predicted octanol–water partition coefficient (Wildman–Crippen LogP) is 4.12. The number of nitrogens with one attached hydrogen (secondary N) is 1. The molecular formula is C15H15N3S2. The molecule has 3 heterocycles. The van der Waals surface area contributed by atoms with E-state index in [1.807, 2.05) is 18.2 Å². The molecule has 3 nitrogen and oxygen atoms in total. The summed E-state index contributed by atoms with van der Waals surface area (Å²) >= 11 is 3.42. The van der Waals surface area contributed by atoms with Crippen LogP contribution in [0.1, 0.15) is 23.5 Å². The highest BCUT2D eigenvalue weighted by atomic mass is 32.1. The van der Waals surface area contributed by atoms with E-state index < -0.39 is 0 Å². The minimum absolute atomic E-state index is 0.356. The largest absolute Gasteiger partial charge is 0.304 e. The first kappa shape index (κ1) is 13.4. The molecule has 3 aromatic rings. The van der Waals surface area contributed by atoms with E-state index in [0.29, 0.717) is 6.04 Å². The van der Waals surface area contributed by atoms with E-state index >= 15 is 0 Å². The highest BCUT2D eigenvalue weighted by molar-refractivity contribution is 7.13. The summed E-state index contributed by atoms with van der Waals surface area (Å²) in [4.78, 5) is 10.3. The van der Waals surface area contributed by atoms with Gasteiger partial charge in [-0.3, -0.25) is 4.98 Å². The number of aromatic nitrogens is 2. The fourth-order valence-electron chi connectivity index (χ4n) is 1.89. The van der Waals surface area contributed by atoms with E-state index in [4.69, 9.17) is 0 Å². The van der Waals surface area contributed by atoms with Gasteiger partial charge in [0.1, 0.15) is 5.01 Å². The monoisotopic (exact) mass is 301 g/mol. The van der Waals surface area contributed by atoms with Gasteiger partial charge in [0.05, 0.1) is 11.4 Å². The molecule has 0 aliphatic carbocycles. The van der Waals surface area contributed by atoms with Gasteiger partial charge in [0.2, 0.25) is 0 Å². The maximum atomic E-state index is 4.63. The Kier molecular flexibility index (Phi) is 4.20. The lowest BCUT2D eigenvalue weighted by Crippen LogP contribution is -2.17. The van der Waals surface area contributed by atoms with E-state index in [2.05, 4.69) is 45.1 Å². The van der Waals surface area contributed by atoms with E-state index in [9.17, 15) is 0 Å². The van der Waals surface area contributed by atoms with Crippen molar-refractivity contribution < 1.29 is 0 Å². The number of thiophene rings is 1. The van der Waals surface area contributed by atoms with Crippen LogP contribution in [0.4, 0.5) is 0 Å². The predicted molar refractivity (Wildman–Crippen MR) is 84.9 cm³/mol. The van der Waals surface area contributed by atoms with Crippen molar-refractivity contribution in [1.82, 2.24) is 15.3 Å². The molecule has 0 radical (unpaired) electrons. The molecule has 0 aliphatic heterocycles. The van der Waals surface area contributed by atoms with Crippen LogP contribution in [0.15, 0.2) is 47.3 Å². The van der Waals surface area contributed by atoms with Crippen molar-refractivity contribution in [2.75, 3.05) is 0 Å². The van der Waals surface area contributed by atoms with Crippen LogP contribution in [0.25, 0.3) is 10.7 Å². The van der Waals surface area contributed by atoms with Gasteiger partial charge < -0.3 is 5.32 Å². The molecule has 0 aromatic carbocycles. The lowest BCUT2D eigenvalue weighted by molar-refractivity contribution is 0.577. The molecule has 0 saturated heterocycles. The summed E-state index contributed by atoms with van der Waals surface area (Å²) in [6.45, 7) is 2.96. The third kappa shape index (κ3) is 3.12. The van der Waals surface area contributed by atoms with Crippen molar-refractivity contribution in [3.05, 3.63) is 57.9 Å². The van der Waals surface area contributed by atoms with Gasteiger partial charge in [0.15, 0.2) is 0 Å². The first-order chi connectivity index (χ1) is 9.83. The molecule has 3 aromatic heterocycles. The lowest BCUT2D eigenvalue weighted by Gasteiger charge is -2.10. The zero-order valence-electron chi connectivity index (χ0n) is 11.1. The molecule has 0 saturated carbocycles. The highest BCUT2D eigenvalue weighted by Gasteiger charge is 2.08. The Morgan fingerprint density at radius 2 is 2.15 bits per heavy atom. The summed E-state index contributed by atoms with van der Waals surface area (Å²) in [7, 11) is 0. The number of pyridine rings is 1. The average molecular weight is 301 g/mol. The first-order valence-electron chi connectivity index (χ1n) is 6.45. The van der Waals surface area contributed by atoms with Crippen molar-refractivity contribution in [1.29, 1.82) is 0 Å². The van der Waals surface area contributed by atoms with Crippen LogP contribution >= 0.6 is 22.7 Å². The maximum Gasteiger partial charge on any atom is 0.142 e. The second-order valence-electron chi connectivity index (χ2n) is 4.48. The summed E-state index contributed by atoms with van der Waals surface area (Å²) in [5.41, 5.74) is 2.01. The van der Waals surface area contributed by atoms with Gasteiger partial charge in [-0.25, -0.2) is 4.98 Å². The van der Waals surface area contributed by atoms with Gasteiger partial charge in [-0.2, -0.15) is 0 Å². The van der Waals surface area contributed by atoms with Gasteiger partial charge >= 0.3 is 0 Å². The van der Waals surface area contributed by atoms with Gasteiger partial charge in [-0.1, -0.05) is 12.1 Å². The maximum absolute atomic E-state index is 4.63. The number of hydrogen-bond donors (Lipinski definition) is 1. The Labute approximate surface area is 126 Å². The molecule has 102 valence electrons. The van der Waals surface area contributed by atoms with Gasteiger partial charge in [0, 0.05) is 29.0 Å². The van der Waals surface area contributed by atoms with Crippen molar-refractivity contribution >= 4 is 22.7 Å². The van der Waals surface area contributed by atoms with E-state index in [1.165, 1.54) is 4.88 Å². The van der Waals surface area contributed by atoms with Crippen LogP contribution in [-0.4, -0.2) is 9.97 Å². The Morgan fingerprint density at radius 1 is 1.20 bits per heavy atom. The molecule has 0 bridgehead atoms. The van der Waals surface area contributed by atoms with Crippen LogP contribution in [-0.2, 0) is 6.54 Å². The number of hydrogen-bond acceptors (Lipinski definition) is 5. The first-order valence-corrected chi connectivity index (χ1v) is 8.21. The summed E-state index contributed by atoms with van der Waals surface area (Å²) in [5, 5.41) is 8.68. The molecule has 0 aliphatic rings. The normalized spacial score (nSPS) is 12.4. The molecule has 5 heteroatoms. The average Bonchev–Trinajstić information content (AvgIpc) is 3.17. The lowest BCUT2D eigenvalue weighted by atomic mass is 10.2. The summed E-state index contributed by atoms with van der Waals surface area (Å²) in [6, 6.07) is 10.5. The van der Waals surface area contributed by atoms with Crippen LogP contribution in [0.2, 0.25) is 0 Å². The zero-order chi connectivity index (χ0) is 13.8. The molecular weight excluding hydrogens is 286 g/mol. The van der Waals surface area contributed by atoms with Crippen molar-refractivity contribution in [3.63, 3.8) is 0 Å². The van der Waals surface area contributed by atoms with E-state index in [-0.39, 0.29) is 0 Å². The van der Waals surface area contributed by atoms with Gasteiger partial charge in [0.25, 0.3) is 0 Å². The molecule has 0 unspecified atom stereocenters. The minimum atomic E-state index is 0.356. The highest BCUT2D eigenvalue weighted by Crippen LogP contribution is 2.22. The van der Waals surface area contributed by atoms with Crippen molar-refractivity contribution in [3.8, 4) is 10.7 Å². The quantitative estimate of drug-likeness (QED) is 0.770. The second-order valence-corrected chi connectivity index (χ2v) is 6.31.